The van der Waals surface area contributed by atoms with Crippen molar-refractivity contribution in [2.45, 2.75) is 51.5 Å². The van der Waals surface area contributed by atoms with Gasteiger partial charge >= 0.3 is 0 Å². The van der Waals surface area contributed by atoms with Crippen molar-refractivity contribution in [2.75, 3.05) is 6.54 Å². The van der Waals surface area contributed by atoms with Crippen LogP contribution in [0, 0.1) is 12.7 Å². The average Bonchev–Trinajstić information content (AvgIpc) is 2.49. The van der Waals surface area contributed by atoms with E-state index in [1.165, 1.54) is 38.2 Å². The zero-order chi connectivity index (χ0) is 15.1. The number of hydrogen-bond donors (Lipinski definition) is 3. The molecule has 0 spiro atoms. The van der Waals surface area contributed by atoms with Gasteiger partial charge in [0.05, 0.1) is 0 Å². The lowest BCUT2D eigenvalue weighted by molar-refractivity contribution is 0.410. The Morgan fingerprint density at radius 3 is 2.76 bits per heavy atom. The van der Waals surface area contributed by atoms with Crippen LogP contribution < -0.4 is 16.6 Å². The minimum Gasteiger partial charge on any atom is -0.353 e. The summed E-state index contributed by atoms with van der Waals surface area (Å²) in [5.74, 6) is 5.99. The molecule has 1 fully saturated rings. The molecule has 2 rings (SSSR count). The van der Waals surface area contributed by atoms with E-state index in [0.717, 1.165) is 17.5 Å². The zero-order valence-electron chi connectivity index (χ0n) is 12.7. The van der Waals surface area contributed by atoms with Gasteiger partial charge < -0.3 is 5.32 Å². The van der Waals surface area contributed by atoms with Crippen LogP contribution in [0.5, 0.6) is 0 Å². The minimum atomic E-state index is -0.192. The number of hydrogen-bond acceptors (Lipinski definition) is 2. The molecule has 0 atom stereocenters. The van der Waals surface area contributed by atoms with Crippen LogP contribution in [0.2, 0.25) is 0 Å². The molecule has 0 saturated heterocycles. The van der Waals surface area contributed by atoms with Crippen LogP contribution in [-0.4, -0.2) is 18.5 Å². The molecule has 0 heterocycles. The fraction of sp³-hybridized carbons (Fsp3) is 0.562. The Balaban J connectivity index is 1.85. The van der Waals surface area contributed by atoms with Gasteiger partial charge in [0.15, 0.2) is 0 Å². The summed E-state index contributed by atoms with van der Waals surface area (Å²) >= 11 is 0. The van der Waals surface area contributed by atoms with E-state index in [2.05, 4.69) is 15.7 Å². The average molecular weight is 292 g/mol. The molecule has 0 radical (unpaired) electrons. The van der Waals surface area contributed by atoms with E-state index in [4.69, 9.17) is 5.84 Å². The van der Waals surface area contributed by atoms with E-state index in [1.807, 2.05) is 13.0 Å². The molecule has 0 unspecified atom stereocenters. The van der Waals surface area contributed by atoms with Crippen molar-refractivity contribution in [3.8, 4) is 0 Å². The van der Waals surface area contributed by atoms with Gasteiger partial charge in [-0.25, -0.2) is 10.2 Å². The number of nitrogens with one attached hydrogen (secondary N) is 2. The molecule has 0 amide bonds. The molecule has 5 heteroatoms. The SMILES string of the molecule is Cc1cc(F)ccc1CCN=C(NN)NC1CCCCC1. The summed E-state index contributed by atoms with van der Waals surface area (Å²) in [5.41, 5.74) is 4.72. The first-order valence-corrected chi connectivity index (χ1v) is 7.71. The molecule has 116 valence electrons. The predicted molar refractivity (Wildman–Crippen MR) is 84.5 cm³/mol. The van der Waals surface area contributed by atoms with Gasteiger partial charge in [0.2, 0.25) is 5.96 Å². The summed E-state index contributed by atoms with van der Waals surface area (Å²) in [6.45, 7) is 2.55. The highest BCUT2D eigenvalue weighted by atomic mass is 19.1. The largest absolute Gasteiger partial charge is 0.353 e. The maximum absolute atomic E-state index is 13.0. The monoisotopic (exact) mass is 292 g/mol. The van der Waals surface area contributed by atoms with E-state index in [1.54, 1.807) is 6.07 Å². The van der Waals surface area contributed by atoms with Crippen LogP contribution in [0.3, 0.4) is 0 Å². The van der Waals surface area contributed by atoms with E-state index in [0.29, 0.717) is 18.5 Å². The molecular weight excluding hydrogens is 267 g/mol. The third-order valence-corrected chi connectivity index (χ3v) is 4.04. The molecule has 1 aromatic rings. The zero-order valence-corrected chi connectivity index (χ0v) is 12.7. The number of benzene rings is 1. The van der Waals surface area contributed by atoms with Gasteiger partial charge in [-0.05, 0) is 49.4 Å². The van der Waals surface area contributed by atoms with Gasteiger partial charge in [-0.3, -0.25) is 10.4 Å². The van der Waals surface area contributed by atoms with Crippen LogP contribution >= 0.6 is 0 Å². The summed E-state index contributed by atoms with van der Waals surface area (Å²) in [4.78, 5) is 4.47. The van der Waals surface area contributed by atoms with Crippen molar-refractivity contribution in [3.05, 3.63) is 35.1 Å². The van der Waals surface area contributed by atoms with Gasteiger partial charge in [-0.1, -0.05) is 25.3 Å². The summed E-state index contributed by atoms with van der Waals surface area (Å²) in [7, 11) is 0. The van der Waals surface area contributed by atoms with E-state index >= 15 is 0 Å². The number of aliphatic imine (C=N–C) groups is 1. The first-order valence-electron chi connectivity index (χ1n) is 7.71. The topological polar surface area (TPSA) is 62.4 Å². The van der Waals surface area contributed by atoms with Crippen molar-refractivity contribution in [2.24, 2.45) is 10.8 Å². The van der Waals surface area contributed by atoms with E-state index in [-0.39, 0.29) is 5.82 Å². The van der Waals surface area contributed by atoms with Crippen molar-refractivity contribution in [1.29, 1.82) is 0 Å². The Hall–Kier alpha value is -1.62. The highest BCUT2D eigenvalue weighted by Crippen LogP contribution is 2.17. The first kappa shape index (κ1) is 15.8. The Morgan fingerprint density at radius 1 is 1.33 bits per heavy atom. The minimum absolute atomic E-state index is 0.192. The third kappa shape index (κ3) is 5.01. The Bertz CT molecular complexity index is 481. The highest BCUT2D eigenvalue weighted by Gasteiger charge is 2.14. The molecule has 1 aromatic carbocycles. The smallest absolute Gasteiger partial charge is 0.205 e. The normalized spacial score (nSPS) is 16.8. The van der Waals surface area contributed by atoms with Crippen LogP contribution in [0.1, 0.15) is 43.2 Å². The van der Waals surface area contributed by atoms with Gasteiger partial charge in [0, 0.05) is 12.6 Å². The van der Waals surface area contributed by atoms with Gasteiger partial charge in [0.25, 0.3) is 0 Å². The fourth-order valence-corrected chi connectivity index (χ4v) is 2.80. The van der Waals surface area contributed by atoms with Crippen molar-refractivity contribution in [1.82, 2.24) is 10.7 Å². The van der Waals surface area contributed by atoms with Crippen molar-refractivity contribution < 1.29 is 4.39 Å². The van der Waals surface area contributed by atoms with Crippen molar-refractivity contribution in [3.63, 3.8) is 0 Å². The maximum Gasteiger partial charge on any atom is 0.205 e. The van der Waals surface area contributed by atoms with Gasteiger partial charge in [-0.2, -0.15) is 0 Å². The summed E-state index contributed by atoms with van der Waals surface area (Å²) < 4.78 is 13.0. The summed E-state index contributed by atoms with van der Waals surface area (Å²) in [5, 5.41) is 3.37. The molecular formula is C16H25FN4. The van der Waals surface area contributed by atoms with Gasteiger partial charge in [-0.15, -0.1) is 0 Å². The molecule has 1 aliphatic carbocycles. The van der Waals surface area contributed by atoms with Crippen LogP contribution in [0.25, 0.3) is 0 Å². The van der Waals surface area contributed by atoms with E-state index < -0.39 is 0 Å². The number of halogens is 1. The second-order valence-electron chi connectivity index (χ2n) is 5.67. The Kier molecular flexibility index (Phi) is 5.99. The Morgan fingerprint density at radius 2 is 2.10 bits per heavy atom. The molecule has 21 heavy (non-hydrogen) atoms. The second kappa shape index (κ2) is 7.98. The van der Waals surface area contributed by atoms with Crippen molar-refractivity contribution >= 4 is 5.96 Å². The Labute approximate surface area is 126 Å². The number of rotatable bonds is 4. The molecule has 4 nitrogen and oxygen atoms in total. The van der Waals surface area contributed by atoms with Crippen LogP contribution in [0.15, 0.2) is 23.2 Å². The van der Waals surface area contributed by atoms with Gasteiger partial charge in [0.1, 0.15) is 5.82 Å². The maximum atomic E-state index is 13.0. The van der Waals surface area contributed by atoms with Crippen LogP contribution in [-0.2, 0) is 6.42 Å². The lowest BCUT2D eigenvalue weighted by atomic mass is 9.96. The number of aryl methyl sites for hydroxylation is 1. The fourth-order valence-electron chi connectivity index (χ4n) is 2.80. The first-order chi connectivity index (χ1) is 10.2. The van der Waals surface area contributed by atoms with Crippen LogP contribution in [0.4, 0.5) is 4.39 Å². The quantitative estimate of drug-likeness (QED) is 0.346. The second-order valence-corrected chi connectivity index (χ2v) is 5.67. The highest BCUT2D eigenvalue weighted by molar-refractivity contribution is 5.79. The molecule has 4 N–H and O–H groups in total. The lowest BCUT2D eigenvalue weighted by Gasteiger charge is -2.24. The number of nitrogens with zero attached hydrogens (tertiary/aromatic N) is 1. The standard InChI is InChI=1S/C16H25FN4/c1-12-11-14(17)8-7-13(12)9-10-19-16(21-18)20-15-5-3-2-4-6-15/h7-8,11,15H,2-6,9-10,18H2,1H3,(H2,19,20,21). The molecule has 0 bridgehead atoms. The number of hydrazine groups is 1. The molecule has 0 aliphatic heterocycles. The molecule has 0 aromatic heterocycles. The number of nitrogens with two attached hydrogens (primary N) is 1. The summed E-state index contributed by atoms with van der Waals surface area (Å²) in [6.07, 6.45) is 7.00. The molecule has 1 saturated carbocycles. The predicted octanol–water partition coefficient (Wildman–Crippen LogP) is 2.42. The third-order valence-electron chi connectivity index (χ3n) is 4.04. The lowest BCUT2D eigenvalue weighted by Crippen LogP contribution is -2.47. The molecule has 1 aliphatic rings. The van der Waals surface area contributed by atoms with E-state index in [9.17, 15) is 4.39 Å². The number of guanidine groups is 1. The summed E-state index contributed by atoms with van der Waals surface area (Å²) in [6, 6.07) is 5.35.